The molecule has 17 N–H and O–H groups in total. The second-order valence-corrected chi connectivity index (χ2v) is 21.1. The zero-order valence-corrected chi connectivity index (χ0v) is 46.4. The fourth-order valence-corrected chi connectivity index (χ4v) is 9.80. The maximum Gasteiger partial charge on any atom is 0.303 e. The number of aliphatic carboxylic acids is 1. The van der Waals surface area contributed by atoms with Gasteiger partial charge in [0, 0.05) is 72.8 Å². The SMILES string of the molecule is CC(C)CC1NC(=O)C(CCC(=O)O)NC(=O)C(Cc2ccc(O)cc2)NC(=O)C(Cc2c[nH]c3ccccc23)NC(=O)C(Cc2ccc(O)cc2)NC(=O)CNC(=O)C(Cc2c[nH]c3ccccc23)NC(=O)C(CCCN=C(N)N)NC1=O. The molecule has 0 bridgehead atoms. The smallest absolute Gasteiger partial charge is 0.303 e. The molecular weight excluding hydrogens is 1080 g/mol. The number of aromatic hydroxyl groups is 2. The summed E-state index contributed by atoms with van der Waals surface area (Å²) < 4.78 is 0. The molecular formula is C59H71N13O12. The highest BCUT2D eigenvalue weighted by molar-refractivity contribution is 5.99. The Morgan fingerprint density at radius 1 is 0.524 bits per heavy atom. The van der Waals surface area contributed by atoms with Crippen LogP contribution in [0.1, 0.15) is 68.2 Å². The zero-order valence-electron chi connectivity index (χ0n) is 46.4. The summed E-state index contributed by atoms with van der Waals surface area (Å²) in [6.45, 7) is 2.83. The first-order chi connectivity index (χ1) is 40.2. The van der Waals surface area contributed by atoms with Gasteiger partial charge in [-0.25, -0.2) is 0 Å². The van der Waals surface area contributed by atoms with E-state index in [1.807, 2.05) is 18.2 Å². The van der Waals surface area contributed by atoms with Gasteiger partial charge in [0.15, 0.2) is 5.96 Å². The number of aliphatic imine (C=N–C) groups is 1. The first kappa shape index (κ1) is 61.7. The summed E-state index contributed by atoms with van der Waals surface area (Å²) >= 11 is 0. The molecule has 8 amide bonds. The van der Waals surface area contributed by atoms with Gasteiger partial charge in [0.05, 0.1) is 6.54 Å². The Balaban J connectivity index is 1.31. The monoisotopic (exact) mass is 1150 g/mol. The average molecular weight is 1150 g/mol. The molecule has 7 rings (SSSR count). The Morgan fingerprint density at radius 3 is 1.40 bits per heavy atom. The number of carboxylic acids is 1. The van der Waals surface area contributed by atoms with E-state index in [0.29, 0.717) is 33.2 Å². The number of H-pyrrole nitrogens is 2. The van der Waals surface area contributed by atoms with Gasteiger partial charge in [0.2, 0.25) is 47.3 Å². The molecule has 0 aliphatic carbocycles. The van der Waals surface area contributed by atoms with Gasteiger partial charge < -0.3 is 79.3 Å². The van der Waals surface area contributed by atoms with E-state index in [9.17, 15) is 58.5 Å². The van der Waals surface area contributed by atoms with Crippen LogP contribution >= 0.6 is 0 Å². The molecule has 0 saturated carbocycles. The second-order valence-electron chi connectivity index (χ2n) is 21.1. The Morgan fingerprint density at radius 2 is 0.929 bits per heavy atom. The average Bonchev–Trinajstić information content (AvgIpc) is 4.01. The van der Waals surface area contributed by atoms with E-state index in [1.165, 1.54) is 48.5 Å². The van der Waals surface area contributed by atoms with Crippen molar-refractivity contribution in [3.63, 3.8) is 0 Å². The summed E-state index contributed by atoms with van der Waals surface area (Å²) in [5.41, 5.74) is 14.6. The van der Waals surface area contributed by atoms with Gasteiger partial charge in [-0.3, -0.25) is 48.1 Å². The number of carbonyl (C=O) groups excluding carboxylic acids is 8. The minimum Gasteiger partial charge on any atom is -0.508 e. The molecule has 7 unspecified atom stereocenters. The predicted octanol–water partition coefficient (Wildman–Crippen LogP) is 0.819. The number of aromatic nitrogens is 2. The van der Waals surface area contributed by atoms with Crippen molar-refractivity contribution in [2.75, 3.05) is 13.1 Å². The third-order valence-electron chi connectivity index (χ3n) is 14.1. The number of fused-ring (bicyclic) bond motifs is 2. The van der Waals surface area contributed by atoms with Crippen molar-refractivity contribution in [3.05, 3.63) is 132 Å². The lowest BCUT2D eigenvalue weighted by Gasteiger charge is -2.29. The molecule has 1 fully saturated rings. The number of hydrogen-bond acceptors (Lipinski definition) is 12. The number of carbonyl (C=O) groups is 9. The Bertz CT molecular complexity index is 3360. The molecule has 1 aliphatic rings. The molecule has 0 spiro atoms. The van der Waals surface area contributed by atoms with Crippen molar-refractivity contribution in [2.24, 2.45) is 22.4 Å². The van der Waals surface area contributed by atoms with E-state index < -0.39 is 115 Å². The summed E-state index contributed by atoms with van der Waals surface area (Å²) in [6.07, 6.45) is 1.41. The quantitative estimate of drug-likeness (QED) is 0.0342. The van der Waals surface area contributed by atoms with Crippen LogP contribution < -0.4 is 54.0 Å². The van der Waals surface area contributed by atoms with Gasteiger partial charge in [0.1, 0.15) is 53.8 Å². The van der Waals surface area contributed by atoms with Crippen molar-refractivity contribution < 1.29 is 58.5 Å². The van der Waals surface area contributed by atoms with E-state index >= 15 is 0 Å². The fourth-order valence-electron chi connectivity index (χ4n) is 9.80. The van der Waals surface area contributed by atoms with Gasteiger partial charge in [-0.05, 0) is 90.3 Å². The normalized spacial score (nSPS) is 21.0. The molecule has 25 nitrogen and oxygen atoms in total. The highest BCUT2D eigenvalue weighted by Gasteiger charge is 2.36. The number of hydrogen-bond donors (Lipinski definition) is 15. The van der Waals surface area contributed by atoms with Gasteiger partial charge in [-0.1, -0.05) is 74.5 Å². The van der Waals surface area contributed by atoms with Crippen molar-refractivity contribution in [2.45, 2.75) is 114 Å². The van der Waals surface area contributed by atoms with E-state index in [4.69, 9.17) is 11.5 Å². The third kappa shape index (κ3) is 17.8. The molecule has 1 saturated heterocycles. The summed E-state index contributed by atoms with van der Waals surface area (Å²) in [4.78, 5) is 139. The number of para-hydroxylation sites is 2. The van der Waals surface area contributed by atoms with E-state index in [2.05, 4.69) is 57.5 Å². The van der Waals surface area contributed by atoms with Crippen molar-refractivity contribution in [1.82, 2.24) is 52.5 Å². The Hall–Kier alpha value is -9.94. The molecule has 25 heteroatoms. The van der Waals surface area contributed by atoms with Gasteiger partial charge in [0.25, 0.3) is 0 Å². The number of carboxylic acid groups (broad SMARTS) is 1. The second kappa shape index (κ2) is 29.2. The first-order valence-electron chi connectivity index (χ1n) is 27.5. The lowest BCUT2D eigenvalue weighted by molar-refractivity contribution is -0.139. The van der Waals surface area contributed by atoms with Crippen LogP contribution in [0.15, 0.2) is 114 Å². The van der Waals surface area contributed by atoms with Crippen LogP contribution in [0.5, 0.6) is 11.5 Å². The van der Waals surface area contributed by atoms with Crippen molar-refractivity contribution in [1.29, 1.82) is 0 Å². The molecule has 84 heavy (non-hydrogen) atoms. The standard InChI is InChI=1S/C59H71N13O12/c1-32(2)24-45-55(81)67-43(12-7-23-62-59(60)61)53(79)71-48(27-35-29-63-41-10-5-3-8-39(35)41)52(78)65-31-50(75)66-46(25-33-13-17-37(73)18-14-33)56(82)72-49(28-36-30-64-42-11-6-4-9-40(36)42)58(84)70-47(26-34-15-19-38(74)20-16-34)57(83)68-44(54(80)69-45)21-22-51(76)77/h3-6,8-11,13-20,29-30,32,43-49,63-64,73-74H,7,12,21-28,31H2,1-2H3,(H,65,78)(H,66,75)(H,67,81)(H,68,83)(H,69,80)(H,70,84)(H,71,79)(H,72,82)(H,76,77)(H4,60,61,62). The number of amides is 8. The topological polar surface area (TPSA) is 407 Å². The minimum absolute atomic E-state index is 0.0218. The molecule has 3 heterocycles. The maximum atomic E-state index is 15.0. The Kier molecular flexibility index (Phi) is 21.4. The molecule has 6 aromatic rings. The van der Waals surface area contributed by atoms with Crippen LogP contribution in [-0.4, -0.2) is 140 Å². The number of nitrogens with two attached hydrogens (primary N) is 2. The molecule has 1 aliphatic heterocycles. The number of nitrogens with zero attached hydrogens (tertiary/aromatic N) is 1. The van der Waals surface area contributed by atoms with Crippen molar-refractivity contribution >= 4 is 81.0 Å². The van der Waals surface area contributed by atoms with Gasteiger partial charge in [-0.15, -0.1) is 0 Å². The molecule has 4 aromatic carbocycles. The third-order valence-corrected chi connectivity index (χ3v) is 14.1. The number of phenols is 2. The van der Waals surface area contributed by atoms with Gasteiger partial charge >= 0.3 is 5.97 Å². The van der Waals surface area contributed by atoms with Crippen LogP contribution in [0.25, 0.3) is 21.8 Å². The van der Waals surface area contributed by atoms with Crippen LogP contribution in [0.3, 0.4) is 0 Å². The first-order valence-corrected chi connectivity index (χ1v) is 27.5. The molecule has 7 atom stereocenters. The van der Waals surface area contributed by atoms with Crippen molar-refractivity contribution in [3.8, 4) is 11.5 Å². The van der Waals surface area contributed by atoms with E-state index in [0.717, 1.165) is 10.9 Å². The highest BCUT2D eigenvalue weighted by Crippen LogP contribution is 2.22. The van der Waals surface area contributed by atoms with Crippen LogP contribution in [-0.2, 0) is 68.8 Å². The minimum atomic E-state index is -1.64. The summed E-state index contributed by atoms with van der Waals surface area (Å²) in [7, 11) is 0. The summed E-state index contributed by atoms with van der Waals surface area (Å²) in [5.74, 6) is -9.15. The molecule has 2 aromatic heterocycles. The number of benzene rings is 4. The highest BCUT2D eigenvalue weighted by atomic mass is 16.4. The van der Waals surface area contributed by atoms with Crippen LogP contribution in [0, 0.1) is 5.92 Å². The number of nitrogens with one attached hydrogen (secondary N) is 10. The fraction of sp³-hybridized carbons (Fsp3) is 0.356. The molecule has 0 radical (unpaired) electrons. The van der Waals surface area contributed by atoms with E-state index in [1.54, 1.807) is 56.6 Å². The largest absolute Gasteiger partial charge is 0.508 e. The zero-order chi connectivity index (χ0) is 60.5. The van der Waals surface area contributed by atoms with Gasteiger partial charge in [-0.2, -0.15) is 0 Å². The van der Waals surface area contributed by atoms with Crippen LogP contribution in [0.2, 0.25) is 0 Å². The Labute approximate surface area is 483 Å². The summed E-state index contributed by atoms with van der Waals surface area (Å²) in [6, 6.07) is 15.5. The van der Waals surface area contributed by atoms with E-state index in [-0.39, 0.29) is 74.9 Å². The van der Waals surface area contributed by atoms with Crippen LogP contribution in [0.4, 0.5) is 0 Å². The number of aromatic amines is 2. The number of rotatable bonds is 17. The number of guanidine groups is 1. The lowest BCUT2D eigenvalue weighted by atomic mass is 9.99. The lowest BCUT2D eigenvalue weighted by Crippen LogP contribution is -2.61. The predicted molar refractivity (Wildman–Crippen MR) is 310 cm³/mol. The molecule has 444 valence electrons. The maximum absolute atomic E-state index is 15.0. The summed E-state index contributed by atoms with van der Waals surface area (Å²) in [5, 5.41) is 53.0. The number of phenolic OH excluding ortho intramolecular Hbond substituents is 2.